The number of hydrogen-bond acceptors (Lipinski definition) is 8. The number of pyridine rings is 1. The molecule has 1 amide bonds. The van der Waals surface area contributed by atoms with Gasteiger partial charge in [-0.3, -0.25) is 9.78 Å². The van der Waals surface area contributed by atoms with Crippen LogP contribution in [0.5, 0.6) is 0 Å². The summed E-state index contributed by atoms with van der Waals surface area (Å²) in [6.45, 7) is 4.08. The first-order chi connectivity index (χ1) is 14.5. The molecule has 0 aliphatic carbocycles. The van der Waals surface area contributed by atoms with E-state index in [9.17, 15) is 4.79 Å². The minimum atomic E-state index is -0.274. The Hall–Kier alpha value is -3.84. The van der Waals surface area contributed by atoms with Crippen molar-refractivity contribution in [1.29, 1.82) is 5.26 Å². The van der Waals surface area contributed by atoms with E-state index in [1.54, 1.807) is 23.8 Å². The molecule has 4 heterocycles. The quantitative estimate of drug-likeness (QED) is 0.511. The molecule has 30 heavy (non-hydrogen) atoms. The van der Waals surface area contributed by atoms with E-state index in [0.717, 1.165) is 28.2 Å². The fourth-order valence-electron chi connectivity index (χ4n) is 2.98. The maximum atomic E-state index is 11.8. The van der Waals surface area contributed by atoms with Gasteiger partial charge in [-0.2, -0.15) is 10.4 Å². The molecule has 2 N–H and O–H groups in total. The number of nitriles is 1. The van der Waals surface area contributed by atoms with Crippen molar-refractivity contribution in [3.05, 3.63) is 47.2 Å². The molecule has 0 aliphatic rings. The first-order valence-corrected chi connectivity index (χ1v) is 10.0. The minimum absolute atomic E-state index is 0.172. The number of aromatic nitrogens is 5. The molecule has 0 unspecified atom stereocenters. The van der Waals surface area contributed by atoms with Gasteiger partial charge in [-0.15, -0.1) is 10.2 Å². The Morgan fingerprint density at radius 1 is 1.23 bits per heavy atom. The minimum Gasteiger partial charge on any atom is -0.382 e. The van der Waals surface area contributed by atoms with Gasteiger partial charge in [-0.25, -0.2) is 4.52 Å². The number of rotatable bonds is 5. The fraction of sp³-hybridized carbons (Fsp3) is 0.200. The van der Waals surface area contributed by atoms with Gasteiger partial charge in [0.25, 0.3) is 5.91 Å². The zero-order valence-electron chi connectivity index (χ0n) is 16.5. The molecule has 9 nitrogen and oxygen atoms in total. The van der Waals surface area contributed by atoms with Crippen molar-refractivity contribution in [2.75, 3.05) is 12.4 Å². The molecule has 4 aromatic rings. The van der Waals surface area contributed by atoms with E-state index in [1.165, 1.54) is 17.5 Å². The van der Waals surface area contributed by atoms with Crippen molar-refractivity contribution in [1.82, 2.24) is 30.1 Å². The van der Waals surface area contributed by atoms with Crippen LogP contribution in [0.25, 0.3) is 27.5 Å². The number of carbonyl (C=O) groups excluding carboxylic acids is 1. The van der Waals surface area contributed by atoms with E-state index in [4.69, 9.17) is 5.26 Å². The molecule has 0 aliphatic heterocycles. The first kappa shape index (κ1) is 19.5. The fourth-order valence-corrected chi connectivity index (χ4v) is 3.80. The number of fused-ring (bicyclic) bond motifs is 1. The van der Waals surface area contributed by atoms with Gasteiger partial charge in [0.15, 0.2) is 5.01 Å². The molecule has 10 heteroatoms. The van der Waals surface area contributed by atoms with Gasteiger partial charge in [0.1, 0.15) is 6.07 Å². The molecule has 0 saturated heterocycles. The summed E-state index contributed by atoms with van der Waals surface area (Å²) in [5.74, 6) is -0.274. The highest BCUT2D eigenvalue weighted by molar-refractivity contribution is 7.16. The van der Waals surface area contributed by atoms with Crippen LogP contribution in [-0.4, -0.2) is 43.8 Å². The molecule has 150 valence electrons. The Morgan fingerprint density at radius 3 is 2.80 bits per heavy atom. The van der Waals surface area contributed by atoms with Crippen molar-refractivity contribution in [3.8, 4) is 28.0 Å². The highest BCUT2D eigenvalue weighted by Crippen LogP contribution is 2.33. The lowest BCUT2D eigenvalue weighted by molar-refractivity contribution is 0.0962. The molecule has 4 rings (SSSR count). The number of amides is 1. The van der Waals surface area contributed by atoms with Gasteiger partial charge in [-0.1, -0.05) is 11.3 Å². The number of anilines is 1. The second kappa shape index (κ2) is 7.88. The average molecular weight is 418 g/mol. The molecular weight excluding hydrogens is 400 g/mol. The summed E-state index contributed by atoms with van der Waals surface area (Å²) in [6.07, 6.45) is 3.25. The van der Waals surface area contributed by atoms with E-state index < -0.39 is 0 Å². The molecule has 4 aromatic heterocycles. The SMILES string of the molecule is CNC(=O)c1nnc(-c2cnc(-c3ccc4cc(C#N)cnn34)cc2NC(C)C)s1. The highest BCUT2D eigenvalue weighted by atomic mass is 32.1. The van der Waals surface area contributed by atoms with E-state index in [-0.39, 0.29) is 11.9 Å². The lowest BCUT2D eigenvalue weighted by Gasteiger charge is -2.14. The largest absolute Gasteiger partial charge is 0.382 e. The van der Waals surface area contributed by atoms with Crippen molar-refractivity contribution in [2.45, 2.75) is 19.9 Å². The molecule has 0 radical (unpaired) electrons. The Labute approximate surface area is 176 Å². The maximum Gasteiger partial charge on any atom is 0.282 e. The maximum absolute atomic E-state index is 11.8. The van der Waals surface area contributed by atoms with Crippen LogP contribution < -0.4 is 10.6 Å². The zero-order valence-corrected chi connectivity index (χ0v) is 17.4. The molecule has 0 fully saturated rings. The Bertz CT molecular complexity index is 1280. The van der Waals surface area contributed by atoms with Gasteiger partial charge in [0, 0.05) is 25.0 Å². The Kier molecular flexibility index (Phi) is 5.12. The van der Waals surface area contributed by atoms with Gasteiger partial charge < -0.3 is 10.6 Å². The summed E-state index contributed by atoms with van der Waals surface area (Å²) in [5.41, 5.74) is 4.43. The number of nitrogens with one attached hydrogen (secondary N) is 2. The standard InChI is InChI=1S/C20H18N8OS/c1-11(2)25-15-7-16(17-5-4-13-6-12(8-21)9-24-28(13)17)23-10-14(15)19-26-27-20(30-19)18(29)22-3/h4-7,9-11H,1-3H3,(H,22,29)(H,23,25). The predicted molar refractivity (Wildman–Crippen MR) is 114 cm³/mol. The number of carbonyl (C=O) groups is 1. The second-order valence-corrected chi connectivity index (χ2v) is 7.79. The van der Waals surface area contributed by atoms with Crippen LogP contribution in [0.3, 0.4) is 0 Å². The number of nitrogens with zero attached hydrogens (tertiary/aromatic N) is 6. The third-order valence-corrected chi connectivity index (χ3v) is 5.27. The average Bonchev–Trinajstić information content (AvgIpc) is 3.39. The number of hydrogen-bond donors (Lipinski definition) is 2. The first-order valence-electron chi connectivity index (χ1n) is 9.21. The van der Waals surface area contributed by atoms with Crippen LogP contribution in [-0.2, 0) is 0 Å². The third kappa shape index (κ3) is 3.58. The van der Waals surface area contributed by atoms with Gasteiger partial charge >= 0.3 is 0 Å². The van der Waals surface area contributed by atoms with E-state index in [0.29, 0.717) is 15.6 Å². The van der Waals surface area contributed by atoms with E-state index in [2.05, 4.69) is 37.0 Å². The Morgan fingerprint density at radius 2 is 2.07 bits per heavy atom. The molecule has 0 aromatic carbocycles. The topological polar surface area (TPSA) is 121 Å². The summed E-state index contributed by atoms with van der Waals surface area (Å²) in [5, 5.41) is 28.4. The van der Waals surface area contributed by atoms with Gasteiger partial charge in [0.05, 0.1) is 34.2 Å². The second-order valence-electron chi connectivity index (χ2n) is 6.82. The van der Waals surface area contributed by atoms with Gasteiger partial charge in [-0.05, 0) is 38.1 Å². The van der Waals surface area contributed by atoms with Crippen molar-refractivity contribution >= 4 is 28.4 Å². The van der Waals surface area contributed by atoms with Crippen molar-refractivity contribution in [3.63, 3.8) is 0 Å². The molecule has 0 saturated carbocycles. The van der Waals surface area contributed by atoms with Crippen LogP contribution >= 0.6 is 11.3 Å². The summed E-state index contributed by atoms with van der Waals surface area (Å²) < 4.78 is 1.75. The Balaban J connectivity index is 1.79. The monoisotopic (exact) mass is 418 g/mol. The lowest BCUT2D eigenvalue weighted by atomic mass is 10.1. The van der Waals surface area contributed by atoms with Crippen molar-refractivity contribution < 1.29 is 4.79 Å². The van der Waals surface area contributed by atoms with E-state index in [1.807, 2.05) is 32.0 Å². The summed E-state index contributed by atoms with van der Waals surface area (Å²) in [7, 11) is 1.56. The molecular formula is C20H18N8OS. The predicted octanol–water partition coefficient (Wildman–Crippen LogP) is 2.97. The summed E-state index contributed by atoms with van der Waals surface area (Å²) in [6, 6.07) is 9.79. The van der Waals surface area contributed by atoms with Crippen LogP contribution in [0.15, 0.2) is 36.7 Å². The smallest absolute Gasteiger partial charge is 0.282 e. The van der Waals surface area contributed by atoms with Crippen LogP contribution in [0.4, 0.5) is 5.69 Å². The molecule has 0 bridgehead atoms. The lowest BCUT2D eigenvalue weighted by Crippen LogP contribution is -2.17. The summed E-state index contributed by atoms with van der Waals surface area (Å²) >= 11 is 1.21. The highest BCUT2D eigenvalue weighted by Gasteiger charge is 2.18. The molecule has 0 spiro atoms. The molecule has 0 atom stereocenters. The van der Waals surface area contributed by atoms with Gasteiger partial charge in [0.2, 0.25) is 5.01 Å². The van der Waals surface area contributed by atoms with Crippen LogP contribution in [0.2, 0.25) is 0 Å². The third-order valence-electron chi connectivity index (χ3n) is 4.32. The normalized spacial score (nSPS) is 10.9. The zero-order chi connectivity index (χ0) is 21.3. The van der Waals surface area contributed by atoms with Crippen molar-refractivity contribution in [2.24, 2.45) is 0 Å². The van der Waals surface area contributed by atoms with Crippen LogP contribution in [0, 0.1) is 11.3 Å². The summed E-state index contributed by atoms with van der Waals surface area (Å²) in [4.78, 5) is 16.4. The van der Waals surface area contributed by atoms with E-state index >= 15 is 0 Å². The van der Waals surface area contributed by atoms with Crippen LogP contribution in [0.1, 0.15) is 29.2 Å².